The number of carbonyl (C=O) groups is 1. The lowest BCUT2D eigenvalue weighted by Crippen LogP contribution is -2.58. The van der Waals surface area contributed by atoms with Crippen molar-refractivity contribution < 1.29 is 28.5 Å². The summed E-state index contributed by atoms with van der Waals surface area (Å²) in [6, 6.07) is 10.6. The van der Waals surface area contributed by atoms with Gasteiger partial charge in [-0.15, -0.1) is 0 Å². The zero-order valence-corrected chi connectivity index (χ0v) is 22.1. The molecule has 0 radical (unpaired) electrons. The highest BCUT2D eigenvalue weighted by molar-refractivity contribution is 5.66. The molecule has 3 N–H and O–H groups in total. The Kier molecular flexibility index (Phi) is 7.66. The Morgan fingerprint density at radius 3 is 2.30 bits per heavy atom. The van der Waals surface area contributed by atoms with Crippen molar-refractivity contribution in [1.29, 1.82) is 0 Å². The van der Waals surface area contributed by atoms with Crippen LogP contribution >= 0.6 is 0 Å². The third kappa shape index (κ3) is 6.13. The van der Waals surface area contributed by atoms with Gasteiger partial charge >= 0.3 is 6.09 Å². The van der Waals surface area contributed by atoms with Crippen LogP contribution in [0, 0.1) is 11.6 Å². The van der Waals surface area contributed by atoms with Crippen molar-refractivity contribution in [3.05, 3.63) is 70.8 Å². The van der Waals surface area contributed by atoms with Crippen LogP contribution in [0.5, 0.6) is 0 Å². The second-order valence-corrected chi connectivity index (χ2v) is 11.7. The van der Waals surface area contributed by atoms with Crippen LogP contribution in [-0.2, 0) is 22.3 Å². The van der Waals surface area contributed by atoms with Gasteiger partial charge in [0.2, 0.25) is 0 Å². The fourth-order valence-electron chi connectivity index (χ4n) is 5.58. The number of carboxylic acid groups (broad SMARTS) is 1. The van der Waals surface area contributed by atoms with Gasteiger partial charge in [0.1, 0.15) is 11.6 Å². The number of halogens is 2. The first kappa shape index (κ1) is 27.5. The number of rotatable bonds is 9. The minimum atomic E-state index is -1.20. The van der Waals surface area contributed by atoms with Gasteiger partial charge in [0.05, 0.1) is 17.7 Å². The predicted octanol–water partition coefficient (Wildman–Crippen LogP) is 5.32. The quantitative estimate of drug-likeness (QED) is 0.420. The molecule has 6 nitrogen and oxygen atoms in total. The van der Waals surface area contributed by atoms with E-state index < -0.39 is 35.4 Å². The van der Waals surface area contributed by atoms with Crippen molar-refractivity contribution in [2.24, 2.45) is 0 Å². The smallest absolute Gasteiger partial charge is 0.408 e. The van der Waals surface area contributed by atoms with Crippen molar-refractivity contribution in [3.8, 4) is 0 Å². The Morgan fingerprint density at radius 2 is 1.76 bits per heavy atom. The summed E-state index contributed by atoms with van der Waals surface area (Å²) in [6.07, 6.45) is 1.44. The molecule has 0 spiro atoms. The maximum Gasteiger partial charge on any atom is 0.408 e. The molecule has 1 amide bonds. The van der Waals surface area contributed by atoms with Crippen molar-refractivity contribution in [3.63, 3.8) is 0 Å². The van der Waals surface area contributed by atoms with Crippen LogP contribution < -0.4 is 5.32 Å². The molecule has 1 aliphatic heterocycles. The maximum absolute atomic E-state index is 13.9. The molecule has 0 bridgehead atoms. The van der Waals surface area contributed by atoms with Crippen LogP contribution in [0.15, 0.2) is 42.5 Å². The summed E-state index contributed by atoms with van der Waals surface area (Å²) in [5, 5.41) is 24.8. The first-order chi connectivity index (χ1) is 17.3. The summed E-state index contributed by atoms with van der Waals surface area (Å²) in [7, 11) is 0. The normalized spacial score (nSPS) is 22.5. The van der Waals surface area contributed by atoms with E-state index >= 15 is 0 Å². The molecule has 202 valence electrons. The highest BCUT2D eigenvalue weighted by Gasteiger charge is 2.46. The summed E-state index contributed by atoms with van der Waals surface area (Å²) in [5.74, 6) is -1.48. The number of aliphatic hydroxyl groups is 1. The first-order valence-corrected chi connectivity index (χ1v) is 13.0. The van der Waals surface area contributed by atoms with Crippen molar-refractivity contribution in [2.45, 2.75) is 88.6 Å². The molecule has 2 fully saturated rings. The van der Waals surface area contributed by atoms with Crippen molar-refractivity contribution in [1.82, 2.24) is 10.2 Å². The third-order valence-electron chi connectivity index (χ3n) is 7.72. The third-order valence-corrected chi connectivity index (χ3v) is 7.72. The molecule has 4 rings (SSSR count). The van der Waals surface area contributed by atoms with E-state index in [9.17, 15) is 23.8 Å². The number of ether oxygens (including phenoxy) is 1. The lowest BCUT2D eigenvalue weighted by molar-refractivity contribution is 0.00642. The molecular weight excluding hydrogens is 478 g/mol. The van der Waals surface area contributed by atoms with Gasteiger partial charge in [-0.3, -0.25) is 4.90 Å². The number of benzene rings is 2. The minimum Gasteiger partial charge on any atom is -0.465 e. The van der Waals surface area contributed by atoms with E-state index in [2.05, 4.69) is 30.4 Å². The molecule has 2 aromatic carbocycles. The summed E-state index contributed by atoms with van der Waals surface area (Å²) in [6.45, 7) is 8.20. The van der Waals surface area contributed by atoms with Crippen molar-refractivity contribution in [2.75, 3.05) is 13.2 Å². The molecule has 0 aromatic heterocycles. The van der Waals surface area contributed by atoms with Gasteiger partial charge in [0.15, 0.2) is 0 Å². The molecule has 2 aromatic rings. The number of nitrogens with one attached hydrogen (secondary N) is 1. The second-order valence-electron chi connectivity index (χ2n) is 11.7. The molecule has 3 unspecified atom stereocenters. The summed E-state index contributed by atoms with van der Waals surface area (Å²) in [5.41, 5.74) is 1.08. The largest absolute Gasteiger partial charge is 0.465 e. The fourth-order valence-corrected chi connectivity index (χ4v) is 5.58. The molecule has 8 heteroatoms. The van der Waals surface area contributed by atoms with Crippen LogP contribution in [0.3, 0.4) is 0 Å². The standard InChI is InChI=1S/C29H38F2N2O4/c1-27(2,3)33(26(35)36)24(15-19-13-22(30)17-23(31)14-19)25(34)18-32-29(10-11-29)21-8-5-7-20(16-21)28(4)9-6-12-37-28/h5,7-8,13-14,16-17,24-25,32,34H,6,9-12,15,18H2,1-4H3,(H,35,36). The maximum atomic E-state index is 13.9. The van der Waals surface area contributed by atoms with E-state index in [1.807, 2.05) is 6.07 Å². The average Bonchev–Trinajstić information content (AvgIpc) is 3.47. The van der Waals surface area contributed by atoms with Gasteiger partial charge in [-0.05, 0) is 88.6 Å². The van der Waals surface area contributed by atoms with Gasteiger partial charge < -0.3 is 20.3 Å². The highest BCUT2D eigenvalue weighted by Crippen LogP contribution is 2.47. The lowest BCUT2D eigenvalue weighted by Gasteiger charge is -2.42. The molecule has 1 saturated carbocycles. The first-order valence-electron chi connectivity index (χ1n) is 13.0. The van der Waals surface area contributed by atoms with E-state index in [0.29, 0.717) is 0 Å². The van der Waals surface area contributed by atoms with Gasteiger partial charge in [-0.25, -0.2) is 13.6 Å². The Balaban J connectivity index is 1.55. The molecule has 3 atom stereocenters. The van der Waals surface area contributed by atoms with Gasteiger partial charge in [0.25, 0.3) is 0 Å². The Labute approximate surface area is 217 Å². The van der Waals surface area contributed by atoms with Crippen LogP contribution in [0.1, 0.15) is 70.1 Å². The molecule has 1 heterocycles. The molecular formula is C29H38F2N2O4. The second kappa shape index (κ2) is 10.3. The molecule has 1 aliphatic carbocycles. The van der Waals surface area contributed by atoms with E-state index in [0.717, 1.165) is 49.5 Å². The molecule has 1 saturated heterocycles. The topological polar surface area (TPSA) is 82.0 Å². The number of amides is 1. The summed E-state index contributed by atoms with van der Waals surface area (Å²) >= 11 is 0. The monoisotopic (exact) mass is 516 g/mol. The Morgan fingerprint density at radius 1 is 1.11 bits per heavy atom. The summed E-state index contributed by atoms with van der Waals surface area (Å²) < 4.78 is 33.8. The van der Waals surface area contributed by atoms with E-state index in [1.54, 1.807) is 20.8 Å². The van der Waals surface area contributed by atoms with Crippen LogP contribution in [0.2, 0.25) is 0 Å². The van der Waals surface area contributed by atoms with E-state index in [4.69, 9.17) is 4.74 Å². The van der Waals surface area contributed by atoms with Gasteiger partial charge in [-0.2, -0.15) is 0 Å². The summed E-state index contributed by atoms with van der Waals surface area (Å²) in [4.78, 5) is 13.5. The van der Waals surface area contributed by atoms with Gasteiger partial charge in [-0.1, -0.05) is 24.3 Å². The number of hydrogen-bond donors (Lipinski definition) is 3. The molecule has 2 aliphatic rings. The number of aliphatic hydroxyl groups excluding tert-OH is 1. The van der Waals surface area contributed by atoms with Crippen LogP contribution in [0.4, 0.5) is 13.6 Å². The number of hydrogen-bond acceptors (Lipinski definition) is 4. The lowest BCUT2D eigenvalue weighted by atomic mass is 9.89. The zero-order chi connectivity index (χ0) is 27.0. The van der Waals surface area contributed by atoms with E-state index in [-0.39, 0.29) is 29.7 Å². The van der Waals surface area contributed by atoms with Crippen LogP contribution in [0.25, 0.3) is 0 Å². The van der Waals surface area contributed by atoms with Gasteiger partial charge in [0, 0.05) is 30.3 Å². The SMILES string of the molecule is CC1(c2cccc(C3(NCC(O)C(Cc4cc(F)cc(F)c4)N(C(=O)O)C(C)(C)C)CC3)c2)CCCO1. The van der Waals surface area contributed by atoms with E-state index in [1.165, 1.54) is 17.0 Å². The minimum absolute atomic E-state index is 0.0285. The Hall–Kier alpha value is -2.55. The average molecular weight is 517 g/mol. The zero-order valence-electron chi connectivity index (χ0n) is 22.1. The van der Waals surface area contributed by atoms with Crippen LogP contribution in [-0.4, -0.2) is 52.0 Å². The predicted molar refractivity (Wildman–Crippen MR) is 137 cm³/mol. The molecule has 37 heavy (non-hydrogen) atoms. The number of nitrogens with zero attached hydrogens (tertiary/aromatic N) is 1. The fraction of sp³-hybridized carbons (Fsp3) is 0.552. The highest BCUT2D eigenvalue weighted by atomic mass is 19.1. The van der Waals surface area contributed by atoms with Crippen molar-refractivity contribution >= 4 is 6.09 Å². The Bertz CT molecular complexity index is 1100.